The zero-order valence-corrected chi connectivity index (χ0v) is 18.2. The van der Waals surface area contributed by atoms with E-state index in [4.69, 9.17) is 9.47 Å². The van der Waals surface area contributed by atoms with Gasteiger partial charge in [0.05, 0.1) is 13.2 Å². The van der Waals surface area contributed by atoms with Crippen molar-refractivity contribution in [3.8, 4) is 0 Å². The van der Waals surface area contributed by atoms with Gasteiger partial charge in [-0.2, -0.15) is 0 Å². The van der Waals surface area contributed by atoms with Gasteiger partial charge in [-0.3, -0.25) is 9.59 Å². The van der Waals surface area contributed by atoms with Crippen LogP contribution in [0.5, 0.6) is 0 Å². The van der Waals surface area contributed by atoms with E-state index < -0.39 is 18.0 Å². The molecule has 4 atom stereocenters. The van der Waals surface area contributed by atoms with Crippen LogP contribution in [0.4, 0.5) is 0 Å². The number of rotatable bonds is 7. The zero-order valence-electron chi connectivity index (χ0n) is 18.2. The fourth-order valence-electron chi connectivity index (χ4n) is 5.72. The second-order valence-electron chi connectivity index (χ2n) is 9.30. The molecule has 1 fully saturated rings. The van der Waals surface area contributed by atoms with Gasteiger partial charge < -0.3 is 14.6 Å². The number of carbonyl (C=O) groups is 3. The highest BCUT2D eigenvalue weighted by Crippen LogP contribution is 2.60. The molecule has 0 heterocycles. The molecule has 2 aliphatic carbocycles. The van der Waals surface area contributed by atoms with Crippen LogP contribution in [0.2, 0.25) is 0 Å². The summed E-state index contributed by atoms with van der Waals surface area (Å²) in [4.78, 5) is 34.8. The molecule has 0 aromatic carbocycles. The summed E-state index contributed by atoms with van der Waals surface area (Å²) in [5.74, 6) is -0.901. The minimum atomic E-state index is -0.641. The summed E-state index contributed by atoms with van der Waals surface area (Å²) in [6.45, 7) is 7.91. The lowest BCUT2D eigenvalue weighted by Crippen LogP contribution is -2.54. The third-order valence-electron chi connectivity index (χ3n) is 6.87. The molecular weight excluding hydrogens is 372 g/mol. The Morgan fingerprint density at radius 3 is 2.55 bits per heavy atom. The van der Waals surface area contributed by atoms with Gasteiger partial charge in [0, 0.05) is 13.0 Å². The second kappa shape index (κ2) is 9.24. The van der Waals surface area contributed by atoms with Gasteiger partial charge in [-0.1, -0.05) is 27.2 Å². The Balaban J connectivity index is 2.30. The van der Waals surface area contributed by atoms with Crippen molar-refractivity contribution in [3.05, 3.63) is 23.3 Å². The lowest BCUT2D eigenvalue weighted by atomic mass is 9.47. The van der Waals surface area contributed by atoms with E-state index in [0.717, 1.165) is 25.5 Å². The predicted molar refractivity (Wildman–Crippen MR) is 109 cm³/mol. The molecule has 0 radical (unpaired) electrons. The van der Waals surface area contributed by atoms with Crippen LogP contribution in [0.15, 0.2) is 23.3 Å². The molecule has 0 bridgehead atoms. The molecule has 1 N–H and O–H groups in total. The van der Waals surface area contributed by atoms with E-state index in [-0.39, 0.29) is 29.3 Å². The second-order valence-corrected chi connectivity index (χ2v) is 9.30. The van der Waals surface area contributed by atoms with Crippen molar-refractivity contribution in [2.24, 2.45) is 22.7 Å². The Kier molecular flexibility index (Phi) is 7.44. The van der Waals surface area contributed by atoms with E-state index in [9.17, 15) is 19.5 Å². The van der Waals surface area contributed by atoms with Crippen LogP contribution in [-0.4, -0.2) is 43.2 Å². The summed E-state index contributed by atoms with van der Waals surface area (Å²) < 4.78 is 9.80. The molecule has 6 nitrogen and oxygen atoms in total. The molecular formula is C23H34O6. The summed E-state index contributed by atoms with van der Waals surface area (Å²) >= 11 is 0. The molecule has 2 aliphatic rings. The smallest absolute Gasteiger partial charge is 0.330 e. The van der Waals surface area contributed by atoms with Gasteiger partial charge in [0.1, 0.15) is 12.9 Å². The van der Waals surface area contributed by atoms with E-state index in [1.54, 1.807) is 6.08 Å². The number of aliphatic hydroxyl groups excluding tert-OH is 1. The Morgan fingerprint density at radius 1 is 1.28 bits per heavy atom. The van der Waals surface area contributed by atoms with Crippen LogP contribution in [0, 0.1) is 22.7 Å². The maximum absolute atomic E-state index is 11.8. The molecule has 162 valence electrons. The van der Waals surface area contributed by atoms with Crippen LogP contribution in [0.1, 0.15) is 59.8 Å². The van der Waals surface area contributed by atoms with Crippen molar-refractivity contribution in [1.82, 2.24) is 0 Å². The SMILES string of the molecule is COC(=O)/C=C(\CC[C@@H]1C(C=O)=C[C@H](O)[C@@H]2C(C)(C)CCC[C@@]12C)COC(C)=O. The Morgan fingerprint density at radius 2 is 1.97 bits per heavy atom. The molecule has 0 saturated heterocycles. The number of hydrogen-bond acceptors (Lipinski definition) is 6. The minimum Gasteiger partial charge on any atom is -0.466 e. The maximum Gasteiger partial charge on any atom is 0.330 e. The van der Waals surface area contributed by atoms with Crippen molar-refractivity contribution >= 4 is 18.2 Å². The topological polar surface area (TPSA) is 89.9 Å². The summed E-state index contributed by atoms with van der Waals surface area (Å²) in [6, 6.07) is 0. The highest BCUT2D eigenvalue weighted by molar-refractivity contribution is 5.82. The van der Waals surface area contributed by atoms with Crippen LogP contribution in [0.25, 0.3) is 0 Å². The Bertz CT molecular complexity index is 704. The average molecular weight is 407 g/mol. The van der Waals surface area contributed by atoms with Crippen molar-refractivity contribution in [3.63, 3.8) is 0 Å². The van der Waals surface area contributed by atoms with E-state index in [2.05, 4.69) is 20.8 Å². The molecule has 2 rings (SSSR count). The van der Waals surface area contributed by atoms with Gasteiger partial charge in [-0.15, -0.1) is 0 Å². The van der Waals surface area contributed by atoms with Crippen LogP contribution in [-0.2, 0) is 23.9 Å². The van der Waals surface area contributed by atoms with Crippen molar-refractivity contribution in [2.75, 3.05) is 13.7 Å². The molecule has 1 saturated carbocycles. The quantitative estimate of drug-likeness (QED) is 0.396. The van der Waals surface area contributed by atoms with Crippen molar-refractivity contribution < 1.29 is 29.0 Å². The predicted octanol–water partition coefficient (Wildman–Crippen LogP) is 3.38. The molecule has 0 aromatic rings. The normalized spacial score (nSPS) is 31.3. The van der Waals surface area contributed by atoms with E-state index in [0.29, 0.717) is 24.0 Å². The van der Waals surface area contributed by atoms with Gasteiger partial charge in [0.25, 0.3) is 0 Å². The number of carbonyl (C=O) groups excluding carboxylic acids is 3. The third-order valence-corrected chi connectivity index (χ3v) is 6.87. The number of aliphatic hydroxyl groups is 1. The van der Waals surface area contributed by atoms with Crippen LogP contribution >= 0.6 is 0 Å². The van der Waals surface area contributed by atoms with Crippen molar-refractivity contribution in [2.45, 2.75) is 65.9 Å². The monoisotopic (exact) mass is 406 g/mol. The van der Waals surface area contributed by atoms with Crippen LogP contribution in [0.3, 0.4) is 0 Å². The summed E-state index contributed by atoms with van der Waals surface area (Å²) in [6.07, 6.45) is 7.44. The minimum absolute atomic E-state index is 0.0194. The Hall–Kier alpha value is -1.95. The summed E-state index contributed by atoms with van der Waals surface area (Å²) in [5, 5.41) is 10.8. The number of hydrogen-bond donors (Lipinski definition) is 1. The lowest BCUT2D eigenvalue weighted by Gasteiger charge is -2.58. The van der Waals surface area contributed by atoms with Gasteiger partial charge >= 0.3 is 11.9 Å². The molecule has 0 unspecified atom stereocenters. The molecule has 0 amide bonds. The molecule has 0 aliphatic heterocycles. The van der Waals surface area contributed by atoms with E-state index in [1.807, 2.05) is 0 Å². The number of allylic oxidation sites excluding steroid dienone is 1. The highest BCUT2D eigenvalue weighted by atomic mass is 16.5. The number of methoxy groups -OCH3 is 1. The number of ether oxygens (including phenoxy) is 2. The number of esters is 2. The number of aldehydes is 1. The highest BCUT2D eigenvalue weighted by Gasteiger charge is 2.55. The molecule has 29 heavy (non-hydrogen) atoms. The summed E-state index contributed by atoms with van der Waals surface area (Å²) in [5.41, 5.74) is 1.03. The van der Waals surface area contributed by atoms with Crippen LogP contribution < -0.4 is 0 Å². The van der Waals surface area contributed by atoms with E-state index >= 15 is 0 Å². The summed E-state index contributed by atoms with van der Waals surface area (Å²) in [7, 11) is 1.30. The number of fused-ring (bicyclic) bond motifs is 1. The lowest BCUT2D eigenvalue weighted by molar-refractivity contribution is -0.140. The average Bonchev–Trinajstić information content (AvgIpc) is 2.63. The first-order chi connectivity index (χ1) is 13.5. The molecule has 6 heteroatoms. The van der Waals surface area contributed by atoms with Gasteiger partial charge in [0.2, 0.25) is 0 Å². The zero-order chi connectivity index (χ0) is 21.8. The standard InChI is InChI=1S/C23H34O6/c1-15(25)29-14-16(11-20(27)28-5)7-8-18-17(13-24)12-19(26)21-22(2,3)9-6-10-23(18,21)4/h11-13,18-19,21,26H,6-10,14H2,1-5H3/b16-11+/t18-,19+,21-,23+/m1/s1. The Labute approximate surface area is 173 Å². The van der Waals surface area contributed by atoms with Gasteiger partial charge in [-0.25, -0.2) is 4.79 Å². The van der Waals surface area contributed by atoms with Crippen molar-refractivity contribution in [1.29, 1.82) is 0 Å². The van der Waals surface area contributed by atoms with Gasteiger partial charge in [0.15, 0.2) is 0 Å². The fraction of sp³-hybridized carbons (Fsp3) is 0.696. The fourth-order valence-corrected chi connectivity index (χ4v) is 5.72. The molecule has 0 spiro atoms. The maximum atomic E-state index is 11.8. The van der Waals surface area contributed by atoms with Gasteiger partial charge in [-0.05, 0) is 65.6 Å². The first-order valence-electron chi connectivity index (χ1n) is 10.3. The first-order valence-corrected chi connectivity index (χ1v) is 10.3. The largest absolute Gasteiger partial charge is 0.466 e. The van der Waals surface area contributed by atoms with E-state index in [1.165, 1.54) is 20.1 Å². The first kappa shape index (κ1) is 23.3. The molecule has 0 aromatic heterocycles. The third kappa shape index (κ3) is 5.16.